The van der Waals surface area contributed by atoms with Gasteiger partial charge in [0.15, 0.2) is 0 Å². The lowest BCUT2D eigenvalue weighted by atomic mass is 10.1. The third-order valence-corrected chi connectivity index (χ3v) is 3.79. The van der Waals surface area contributed by atoms with Crippen LogP contribution in [0.5, 0.6) is 0 Å². The Hall–Kier alpha value is -0.530. The first-order valence-electron chi connectivity index (χ1n) is 6.57. The summed E-state index contributed by atoms with van der Waals surface area (Å²) in [6, 6.07) is 11.2. The molecule has 17 heavy (non-hydrogen) atoms. The molecule has 1 aromatic rings. The number of benzene rings is 1. The first-order chi connectivity index (χ1) is 8.24. The summed E-state index contributed by atoms with van der Waals surface area (Å²) in [4.78, 5) is 0. The Balaban J connectivity index is 2.05. The molecular formula is C15H24ClN. The van der Waals surface area contributed by atoms with E-state index in [4.69, 9.17) is 11.6 Å². The minimum Gasteiger partial charge on any atom is -0.314 e. The van der Waals surface area contributed by atoms with E-state index in [0.29, 0.717) is 12.0 Å². The molecular weight excluding hydrogens is 230 g/mol. The van der Waals surface area contributed by atoms with Crippen molar-refractivity contribution in [3.05, 3.63) is 35.9 Å². The van der Waals surface area contributed by atoms with E-state index in [1.807, 2.05) is 0 Å². The smallest absolute Gasteiger partial charge is 0.0263 e. The molecule has 0 spiro atoms. The number of alkyl halides is 1. The van der Waals surface area contributed by atoms with E-state index in [9.17, 15) is 0 Å². The Bertz CT molecular complexity index is 286. The van der Waals surface area contributed by atoms with Gasteiger partial charge < -0.3 is 5.32 Å². The number of unbranched alkanes of at least 4 members (excludes halogenated alkanes) is 1. The molecule has 2 heteroatoms. The lowest BCUT2D eigenvalue weighted by Gasteiger charge is -2.18. The van der Waals surface area contributed by atoms with Gasteiger partial charge in [0.05, 0.1) is 0 Å². The Morgan fingerprint density at radius 1 is 1.12 bits per heavy atom. The van der Waals surface area contributed by atoms with Gasteiger partial charge in [0.1, 0.15) is 0 Å². The number of hydrogen-bond acceptors (Lipinski definition) is 1. The molecule has 0 aliphatic rings. The first kappa shape index (κ1) is 14.5. The van der Waals surface area contributed by atoms with Gasteiger partial charge in [-0.1, -0.05) is 37.3 Å². The molecule has 0 aliphatic carbocycles. The molecule has 0 aromatic heterocycles. The minimum atomic E-state index is 0.518. The van der Waals surface area contributed by atoms with Crippen molar-refractivity contribution in [2.75, 3.05) is 12.4 Å². The van der Waals surface area contributed by atoms with Crippen molar-refractivity contribution in [2.45, 2.75) is 39.2 Å². The standard InChI is InChI=1S/C15H24ClN/c1-13(12-16)14(2)17-11-7-6-10-15-8-4-3-5-9-15/h3-5,8-9,13-14,17H,6-7,10-12H2,1-2H3. The monoisotopic (exact) mass is 253 g/mol. The van der Waals surface area contributed by atoms with Crippen LogP contribution in [0.3, 0.4) is 0 Å². The van der Waals surface area contributed by atoms with Crippen molar-refractivity contribution >= 4 is 11.6 Å². The van der Waals surface area contributed by atoms with E-state index in [0.717, 1.165) is 12.4 Å². The molecule has 0 bridgehead atoms. The van der Waals surface area contributed by atoms with Gasteiger partial charge >= 0.3 is 0 Å². The van der Waals surface area contributed by atoms with Crippen LogP contribution in [0.2, 0.25) is 0 Å². The van der Waals surface area contributed by atoms with E-state index in [-0.39, 0.29) is 0 Å². The van der Waals surface area contributed by atoms with Crippen LogP contribution in [0.15, 0.2) is 30.3 Å². The summed E-state index contributed by atoms with van der Waals surface area (Å²) >= 11 is 5.83. The van der Waals surface area contributed by atoms with Crippen LogP contribution >= 0.6 is 11.6 Å². The molecule has 0 saturated heterocycles. The SMILES string of the molecule is CC(CCl)C(C)NCCCCc1ccccc1. The van der Waals surface area contributed by atoms with Gasteiger partial charge in [-0.2, -0.15) is 0 Å². The largest absolute Gasteiger partial charge is 0.314 e. The maximum Gasteiger partial charge on any atom is 0.0263 e. The first-order valence-corrected chi connectivity index (χ1v) is 7.10. The van der Waals surface area contributed by atoms with Gasteiger partial charge in [0.2, 0.25) is 0 Å². The van der Waals surface area contributed by atoms with E-state index >= 15 is 0 Å². The minimum absolute atomic E-state index is 0.518. The van der Waals surface area contributed by atoms with Crippen LogP contribution < -0.4 is 5.32 Å². The number of rotatable bonds is 8. The van der Waals surface area contributed by atoms with Crippen molar-refractivity contribution in [1.82, 2.24) is 5.32 Å². The van der Waals surface area contributed by atoms with Crippen LogP contribution in [0.4, 0.5) is 0 Å². The lowest BCUT2D eigenvalue weighted by molar-refractivity contribution is 0.425. The molecule has 96 valence electrons. The average Bonchev–Trinajstić information content (AvgIpc) is 2.38. The summed E-state index contributed by atoms with van der Waals surface area (Å²) in [6.07, 6.45) is 3.66. The number of hydrogen-bond donors (Lipinski definition) is 1. The van der Waals surface area contributed by atoms with E-state index in [2.05, 4.69) is 49.5 Å². The maximum absolute atomic E-state index is 5.83. The third kappa shape index (κ3) is 6.09. The highest BCUT2D eigenvalue weighted by Crippen LogP contribution is 2.06. The van der Waals surface area contributed by atoms with Crippen molar-refractivity contribution < 1.29 is 0 Å². The fourth-order valence-electron chi connectivity index (χ4n) is 1.76. The van der Waals surface area contributed by atoms with Gasteiger partial charge in [0, 0.05) is 11.9 Å². The average molecular weight is 254 g/mol. The predicted octanol–water partition coefficient (Wildman–Crippen LogP) is 3.86. The summed E-state index contributed by atoms with van der Waals surface area (Å²) in [5, 5.41) is 3.54. The molecule has 0 heterocycles. The maximum atomic E-state index is 5.83. The topological polar surface area (TPSA) is 12.0 Å². The Labute approximate surface area is 111 Å². The van der Waals surface area contributed by atoms with Gasteiger partial charge in [-0.25, -0.2) is 0 Å². The highest BCUT2D eigenvalue weighted by atomic mass is 35.5. The van der Waals surface area contributed by atoms with E-state index in [1.165, 1.54) is 24.8 Å². The van der Waals surface area contributed by atoms with Crippen LogP contribution in [0.25, 0.3) is 0 Å². The Morgan fingerprint density at radius 3 is 2.47 bits per heavy atom. The fraction of sp³-hybridized carbons (Fsp3) is 0.600. The van der Waals surface area contributed by atoms with Crippen molar-refractivity contribution in [1.29, 1.82) is 0 Å². The van der Waals surface area contributed by atoms with E-state index in [1.54, 1.807) is 0 Å². The van der Waals surface area contributed by atoms with Crippen LogP contribution in [-0.2, 0) is 6.42 Å². The third-order valence-electron chi connectivity index (χ3n) is 3.30. The molecule has 1 N–H and O–H groups in total. The van der Waals surface area contributed by atoms with Crippen molar-refractivity contribution in [3.63, 3.8) is 0 Å². The Morgan fingerprint density at radius 2 is 1.82 bits per heavy atom. The predicted molar refractivity (Wildman–Crippen MR) is 76.7 cm³/mol. The molecule has 0 amide bonds. The molecule has 0 saturated carbocycles. The van der Waals surface area contributed by atoms with Crippen molar-refractivity contribution in [2.24, 2.45) is 5.92 Å². The lowest BCUT2D eigenvalue weighted by Crippen LogP contribution is -2.33. The zero-order valence-corrected chi connectivity index (χ0v) is 11.7. The van der Waals surface area contributed by atoms with Crippen LogP contribution in [0, 0.1) is 5.92 Å². The number of nitrogens with one attached hydrogen (secondary N) is 1. The molecule has 2 atom stereocenters. The molecule has 2 unspecified atom stereocenters. The summed E-state index contributed by atoms with van der Waals surface area (Å²) in [6.45, 7) is 5.49. The van der Waals surface area contributed by atoms with Gasteiger partial charge in [-0.05, 0) is 44.2 Å². The molecule has 0 fully saturated rings. The molecule has 1 rings (SSSR count). The van der Waals surface area contributed by atoms with Gasteiger partial charge in [0.25, 0.3) is 0 Å². The molecule has 1 nitrogen and oxygen atoms in total. The molecule has 0 aliphatic heterocycles. The second-order valence-corrected chi connectivity index (χ2v) is 5.13. The number of halogens is 1. The molecule has 0 radical (unpaired) electrons. The molecule has 1 aromatic carbocycles. The highest BCUT2D eigenvalue weighted by molar-refractivity contribution is 6.18. The summed E-state index contributed by atoms with van der Waals surface area (Å²) in [5.74, 6) is 1.28. The van der Waals surface area contributed by atoms with Gasteiger partial charge in [-0.3, -0.25) is 0 Å². The number of aryl methyl sites for hydroxylation is 1. The zero-order chi connectivity index (χ0) is 12.5. The summed E-state index contributed by atoms with van der Waals surface area (Å²) in [7, 11) is 0. The summed E-state index contributed by atoms with van der Waals surface area (Å²) in [5.41, 5.74) is 1.44. The van der Waals surface area contributed by atoms with Crippen molar-refractivity contribution in [3.8, 4) is 0 Å². The fourth-order valence-corrected chi connectivity index (χ4v) is 2.03. The second-order valence-electron chi connectivity index (χ2n) is 4.82. The normalized spacial score (nSPS) is 14.5. The Kier molecular flexibility index (Phi) is 7.30. The summed E-state index contributed by atoms with van der Waals surface area (Å²) < 4.78 is 0. The van der Waals surface area contributed by atoms with E-state index < -0.39 is 0 Å². The zero-order valence-electron chi connectivity index (χ0n) is 11.0. The van der Waals surface area contributed by atoms with Gasteiger partial charge in [-0.15, -0.1) is 11.6 Å². The van der Waals surface area contributed by atoms with Crippen LogP contribution in [0.1, 0.15) is 32.3 Å². The second kappa shape index (κ2) is 8.54. The van der Waals surface area contributed by atoms with Crippen LogP contribution in [-0.4, -0.2) is 18.5 Å². The quantitative estimate of drug-likeness (QED) is 0.548. The highest BCUT2D eigenvalue weighted by Gasteiger charge is 2.09.